The summed E-state index contributed by atoms with van der Waals surface area (Å²) >= 11 is 0. The Bertz CT molecular complexity index is 777. The number of carbonyl (C=O) groups excluding carboxylic acids is 1. The number of hydrogen-bond donors (Lipinski definition) is 0. The van der Waals surface area contributed by atoms with Gasteiger partial charge in [-0.3, -0.25) is 4.79 Å². The van der Waals surface area contributed by atoms with E-state index >= 15 is 0 Å². The molecule has 11 atom stereocenters. The van der Waals surface area contributed by atoms with Gasteiger partial charge in [-0.05, 0) is 98.2 Å². The van der Waals surface area contributed by atoms with Gasteiger partial charge in [0.25, 0.3) is 0 Å². The molecule has 0 N–H and O–H groups in total. The van der Waals surface area contributed by atoms with Crippen LogP contribution in [-0.4, -0.2) is 23.8 Å². The monoisotopic (exact) mass is 472 g/mol. The van der Waals surface area contributed by atoms with Crippen LogP contribution >= 0.6 is 0 Å². The first kappa shape index (κ1) is 25.1. The van der Waals surface area contributed by atoms with Crippen LogP contribution in [0.3, 0.4) is 0 Å². The Morgan fingerprint density at radius 1 is 1.03 bits per heavy atom. The Hall–Kier alpha value is -0.570. The van der Waals surface area contributed by atoms with E-state index in [1.54, 1.807) is 6.92 Å². The van der Waals surface area contributed by atoms with Gasteiger partial charge in [-0.1, -0.05) is 54.4 Å². The maximum atomic E-state index is 11.6. The third kappa shape index (κ3) is 3.72. The highest BCUT2D eigenvalue weighted by Gasteiger charge is 2.76. The van der Waals surface area contributed by atoms with Crippen LogP contribution in [0.1, 0.15) is 119 Å². The van der Waals surface area contributed by atoms with Crippen molar-refractivity contribution in [3.8, 4) is 0 Å². The summed E-state index contributed by atoms with van der Waals surface area (Å²) in [6.45, 7) is 16.6. The van der Waals surface area contributed by atoms with Crippen molar-refractivity contribution in [2.24, 2.45) is 52.3 Å². The lowest BCUT2D eigenvalue weighted by atomic mass is 9.44. The SMILES string of the molecule is CC[C@@H](CC[C@@H](C)[C@H]1CC[C@H]2[C@@H]3C[C@@H]4O[C@@]45C[C@@H](OC(C)=O)CC[C@]5(C)[C@H]3CC[C@]12C)C(C)C. The molecule has 0 unspecified atom stereocenters. The number of carbonyl (C=O) groups is 1. The molecule has 0 aromatic heterocycles. The second-order valence-electron chi connectivity index (χ2n) is 14.2. The molecule has 5 rings (SSSR count). The minimum absolute atomic E-state index is 0.00240. The zero-order valence-electron chi connectivity index (χ0n) is 23.2. The van der Waals surface area contributed by atoms with Crippen molar-refractivity contribution in [3.05, 3.63) is 0 Å². The molecule has 34 heavy (non-hydrogen) atoms. The molecule has 3 nitrogen and oxygen atoms in total. The fourth-order valence-electron chi connectivity index (χ4n) is 10.6. The summed E-state index contributed by atoms with van der Waals surface area (Å²) in [6, 6.07) is 0. The topological polar surface area (TPSA) is 38.8 Å². The highest BCUT2D eigenvalue weighted by atomic mass is 16.6. The fourth-order valence-corrected chi connectivity index (χ4v) is 10.6. The van der Waals surface area contributed by atoms with Crippen LogP contribution < -0.4 is 0 Å². The maximum Gasteiger partial charge on any atom is 0.302 e. The molecule has 194 valence electrons. The zero-order valence-corrected chi connectivity index (χ0v) is 23.2. The van der Waals surface area contributed by atoms with E-state index in [9.17, 15) is 4.79 Å². The molecule has 4 saturated carbocycles. The Kier molecular flexibility index (Phi) is 6.48. The molecule has 3 heteroatoms. The molecule has 1 aliphatic heterocycles. The van der Waals surface area contributed by atoms with Gasteiger partial charge in [0.15, 0.2) is 0 Å². The van der Waals surface area contributed by atoms with Gasteiger partial charge in [0.1, 0.15) is 11.7 Å². The third-order valence-electron chi connectivity index (χ3n) is 12.6. The van der Waals surface area contributed by atoms with E-state index in [2.05, 4.69) is 41.5 Å². The summed E-state index contributed by atoms with van der Waals surface area (Å²) in [5.41, 5.74) is 0.797. The molecule has 1 spiro atoms. The molecule has 0 radical (unpaired) electrons. The predicted molar refractivity (Wildman–Crippen MR) is 137 cm³/mol. The number of rotatable bonds is 7. The smallest absolute Gasteiger partial charge is 0.302 e. The van der Waals surface area contributed by atoms with E-state index < -0.39 is 0 Å². The summed E-state index contributed by atoms with van der Waals surface area (Å²) in [7, 11) is 0. The van der Waals surface area contributed by atoms with E-state index in [0.29, 0.717) is 11.5 Å². The average Bonchev–Trinajstić information content (AvgIpc) is 3.34. The van der Waals surface area contributed by atoms with Gasteiger partial charge in [-0.25, -0.2) is 0 Å². The molecule has 5 aliphatic rings. The first-order valence-electron chi connectivity index (χ1n) is 14.9. The molecule has 1 saturated heterocycles. The summed E-state index contributed by atoms with van der Waals surface area (Å²) in [5, 5.41) is 0. The molecule has 0 bridgehead atoms. The van der Waals surface area contributed by atoms with Crippen molar-refractivity contribution >= 4 is 5.97 Å². The second kappa shape index (κ2) is 8.77. The summed E-state index contributed by atoms with van der Waals surface area (Å²) in [4.78, 5) is 11.6. The van der Waals surface area contributed by atoms with Crippen LogP contribution in [0.5, 0.6) is 0 Å². The van der Waals surface area contributed by atoms with E-state index in [1.807, 2.05) is 0 Å². The van der Waals surface area contributed by atoms with E-state index in [1.165, 1.54) is 57.8 Å². The second-order valence-corrected chi connectivity index (χ2v) is 14.2. The van der Waals surface area contributed by atoms with Crippen molar-refractivity contribution in [1.82, 2.24) is 0 Å². The lowest BCUT2D eigenvalue weighted by Crippen LogP contribution is -2.59. The third-order valence-corrected chi connectivity index (χ3v) is 12.6. The number of esters is 1. The van der Waals surface area contributed by atoms with Gasteiger partial charge in [0.05, 0.1) is 6.10 Å². The first-order valence-corrected chi connectivity index (χ1v) is 14.9. The standard InChI is InChI=1S/C31H52O3/c1-8-22(19(2)3)10-9-20(4)25-11-12-26-24-17-28-31(34-28)18-23(33-21(5)32)13-16-30(31,7)27(24)14-15-29(25,26)6/h19-20,22-28H,8-18H2,1-7H3/t20-,22+,23+,24+,25-,26+,27+,28+,29-,30-,31+/m1/s1. The number of fused-ring (bicyclic) bond motifs is 4. The van der Waals surface area contributed by atoms with Gasteiger partial charge in [0.2, 0.25) is 0 Å². The quantitative estimate of drug-likeness (QED) is 0.280. The molecule has 4 aliphatic carbocycles. The van der Waals surface area contributed by atoms with E-state index in [-0.39, 0.29) is 23.1 Å². The van der Waals surface area contributed by atoms with Crippen molar-refractivity contribution in [2.75, 3.05) is 0 Å². The molecule has 0 aromatic rings. The average molecular weight is 473 g/mol. The summed E-state index contributed by atoms with van der Waals surface area (Å²) in [6.07, 6.45) is 14.7. The highest BCUT2D eigenvalue weighted by molar-refractivity contribution is 5.66. The lowest BCUT2D eigenvalue weighted by molar-refractivity contribution is -0.157. The molecule has 1 heterocycles. The van der Waals surface area contributed by atoms with Crippen LogP contribution in [0.15, 0.2) is 0 Å². The van der Waals surface area contributed by atoms with Gasteiger partial charge < -0.3 is 9.47 Å². The van der Waals surface area contributed by atoms with Gasteiger partial charge in [0, 0.05) is 18.8 Å². The predicted octanol–water partition coefficient (Wildman–Crippen LogP) is 7.81. The Morgan fingerprint density at radius 3 is 2.47 bits per heavy atom. The van der Waals surface area contributed by atoms with Gasteiger partial charge >= 0.3 is 5.97 Å². The van der Waals surface area contributed by atoms with Crippen LogP contribution in [-0.2, 0) is 14.3 Å². The van der Waals surface area contributed by atoms with Gasteiger partial charge in [-0.2, -0.15) is 0 Å². The van der Waals surface area contributed by atoms with Crippen LogP contribution in [0, 0.1) is 52.3 Å². The minimum Gasteiger partial charge on any atom is -0.462 e. The number of epoxide rings is 1. The fraction of sp³-hybridized carbons (Fsp3) is 0.968. The molecule has 5 fully saturated rings. The number of ether oxygens (including phenoxy) is 2. The Labute approximate surface area is 209 Å². The molecule has 0 amide bonds. The van der Waals surface area contributed by atoms with Crippen molar-refractivity contribution in [2.45, 2.75) is 137 Å². The molecular weight excluding hydrogens is 420 g/mol. The van der Waals surface area contributed by atoms with Crippen LogP contribution in [0.4, 0.5) is 0 Å². The first-order chi connectivity index (χ1) is 16.1. The van der Waals surface area contributed by atoms with Gasteiger partial charge in [-0.15, -0.1) is 0 Å². The molecule has 0 aromatic carbocycles. The minimum atomic E-state index is -0.130. The van der Waals surface area contributed by atoms with E-state index in [4.69, 9.17) is 9.47 Å². The van der Waals surface area contributed by atoms with Crippen LogP contribution in [0.25, 0.3) is 0 Å². The Balaban J connectivity index is 1.29. The largest absolute Gasteiger partial charge is 0.462 e. The van der Waals surface area contributed by atoms with Crippen molar-refractivity contribution in [3.63, 3.8) is 0 Å². The highest BCUT2D eigenvalue weighted by Crippen LogP contribution is 2.74. The van der Waals surface area contributed by atoms with Crippen molar-refractivity contribution < 1.29 is 14.3 Å². The summed E-state index contributed by atoms with van der Waals surface area (Å²) in [5.74, 6) is 5.86. The Morgan fingerprint density at radius 2 is 1.79 bits per heavy atom. The van der Waals surface area contributed by atoms with E-state index in [0.717, 1.165) is 54.3 Å². The zero-order chi connectivity index (χ0) is 24.5. The normalized spacial score (nSPS) is 48.8. The molecular formula is C31H52O3. The van der Waals surface area contributed by atoms with Crippen molar-refractivity contribution in [1.29, 1.82) is 0 Å². The maximum absolute atomic E-state index is 11.6. The summed E-state index contributed by atoms with van der Waals surface area (Å²) < 4.78 is 12.3. The van der Waals surface area contributed by atoms with Crippen LogP contribution in [0.2, 0.25) is 0 Å². The number of hydrogen-bond acceptors (Lipinski definition) is 3. The lowest BCUT2D eigenvalue weighted by Gasteiger charge is -2.59.